The summed E-state index contributed by atoms with van der Waals surface area (Å²) >= 11 is 0. The van der Waals surface area contributed by atoms with Crippen molar-refractivity contribution in [2.24, 2.45) is 5.92 Å². The van der Waals surface area contributed by atoms with Crippen molar-refractivity contribution in [3.8, 4) is 0 Å². The number of nitrogens with one attached hydrogen (secondary N) is 1. The van der Waals surface area contributed by atoms with E-state index >= 15 is 0 Å². The predicted octanol–water partition coefficient (Wildman–Crippen LogP) is 3.03. The molecule has 0 bridgehead atoms. The van der Waals surface area contributed by atoms with Gasteiger partial charge < -0.3 is 9.88 Å². The van der Waals surface area contributed by atoms with Crippen LogP contribution in [0.2, 0.25) is 0 Å². The van der Waals surface area contributed by atoms with Gasteiger partial charge in [0, 0.05) is 25.0 Å². The summed E-state index contributed by atoms with van der Waals surface area (Å²) in [7, 11) is 0. The molecule has 0 radical (unpaired) electrons. The van der Waals surface area contributed by atoms with Crippen molar-refractivity contribution in [1.82, 2.24) is 9.88 Å². The molecule has 0 spiro atoms. The lowest BCUT2D eigenvalue weighted by Gasteiger charge is -2.10. The lowest BCUT2D eigenvalue weighted by Crippen LogP contribution is -2.15. The van der Waals surface area contributed by atoms with Gasteiger partial charge in [0.25, 0.3) is 0 Å². The number of aromatic nitrogens is 1. The highest BCUT2D eigenvalue weighted by atomic mass is 15.0. The van der Waals surface area contributed by atoms with Crippen LogP contribution < -0.4 is 5.32 Å². The second-order valence-corrected chi connectivity index (χ2v) is 4.51. The van der Waals surface area contributed by atoms with E-state index in [1.165, 1.54) is 18.5 Å². The maximum absolute atomic E-state index is 3.37. The molecule has 0 amide bonds. The third-order valence-corrected chi connectivity index (χ3v) is 2.66. The van der Waals surface area contributed by atoms with Crippen LogP contribution in [0.5, 0.6) is 0 Å². The minimum atomic E-state index is 0.817. The first kappa shape index (κ1) is 12.3. The Balaban J connectivity index is 2.35. The molecule has 86 valence electrons. The van der Waals surface area contributed by atoms with Crippen LogP contribution in [0.4, 0.5) is 0 Å². The topological polar surface area (TPSA) is 17.0 Å². The van der Waals surface area contributed by atoms with Crippen molar-refractivity contribution in [1.29, 1.82) is 0 Å². The number of hydrogen-bond donors (Lipinski definition) is 1. The normalized spacial score (nSPS) is 11.2. The van der Waals surface area contributed by atoms with Gasteiger partial charge in [0.1, 0.15) is 0 Å². The summed E-state index contributed by atoms with van der Waals surface area (Å²) in [6.45, 7) is 9.91. The van der Waals surface area contributed by atoms with Gasteiger partial charge in [-0.2, -0.15) is 0 Å². The van der Waals surface area contributed by atoms with Crippen LogP contribution in [0, 0.1) is 5.92 Å². The Bertz CT molecular complexity index is 263. The first-order chi connectivity index (χ1) is 7.24. The molecule has 0 aliphatic heterocycles. The van der Waals surface area contributed by atoms with Gasteiger partial charge in [-0.15, -0.1) is 0 Å². The molecule has 1 N–H and O–H groups in total. The van der Waals surface area contributed by atoms with Gasteiger partial charge in [0.2, 0.25) is 0 Å². The molecule has 1 aromatic heterocycles. The van der Waals surface area contributed by atoms with Gasteiger partial charge in [-0.05, 0) is 37.4 Å². The van der Waals surface area contributed by atoms with E-state index < -0.39 is 0 Å². The third-order valence-electron chi connectivity index (χ3n) is 2.66. The van der Waals surface area contributed by atoms with E-state index in [0.29, 0.717) is 0 Å². The second kappa shape index (κ2) is 6.67. The lowest BCUT2D eigenvalue weighted by atomic mass is 10.1. The summed E-state index contributed by atoms with van der Waals surface area (Å²) in [5, 5.41) is 3.37. The smallest absolute Gasteiger partial charge is 0.0359 e. The fourth-order valence-corrected chi connectivity index (χ4v) is 1.75. The SMILES string of the molecule is CCNCc1cccn1CCCC(C)C. The molecular formula is C13H24N2. The Kier molecular flexibility index (Phi) is 5.48. The summed E-state index contributed by atoms with van der Waals surface area (Å²) < 4.78 is 2.37. The molecule has 1 rings (SSSR count). The number of nitrogens with zero attached hydrogens (tertiary/aromatic N) is 1. The van der Waals surface area contributed by atoms with Gasteiger partial charge >= 0.3 is 0 Å². The summed E-state index contributed by atoms with van der Waals surface area (Å²) in [5.74, 6) is 0.817. The fraction of sp³-hybridized carbons (Fsp3) is 0.692. The fourth-order valence-electron chi connectivity index (χ4n) is 1.75. The molecule has 0 atom stereocenters. The van der Waals surface area contributed by atoms with E-state index in [-0.39, 0.29) is 0 Å². The largest absolute Gasteiger partial charge is 0.350 e. The molecule has 0 aromatic carbocycles. The lowest BCUT2D eigenvalue weighted by molar-refractivity contribution is 0.502. The van der Waals surface area contributed by atoms with E-state index in [1.807, 2.05) is 0 Å². The molecule has 0 saturated heterocycles. The molecule has 2 nitrogen and oxygen atoms in total. The van der Waals surface area contributed by atoms with Gasteiger partial charge in [-0.1, -0.05) is 20.8 Å². The average molecular weight is 208 g/mol. The first-order valence-corrected chi connectivity index (χ1v) is 6.08. The zero-order valence-electron chi connectivity index (χ0n) is 10.3. The van der Waals surface area contributed by atoms with Crippen LogP contribution in [-0.4, -0.2) is 11.1 Å². The number of rotatable bonds is 7. The zero-order valence-corrected chi connectivity index (χ0v) is 10.3. The van der Waals surface area contributed by atoms with Gasteiger partial charge in [0.15, 0.2) is 0 Å². The second-order valence-electron chi connectivity index (χ2n) is 4.51. The van der Waals surface area contributed by atoms with Gasteiger partial charge in [0.05, 0.1) is 0 Å². The number of hydrogen-bond acceptors (Lipinski definition) is 1. The Morgan fingerprint density at radius 2 is 2.20 bits per heavy atom. The summed E-state index contributed by atoms with van der Waals surface area (Å²) in [6.07, 6.45) is 4.79. The predicted molar refractivity (Wildman–Crippen MR) is 65.9 cm³/mol. The highest BCUT2D eigenvalue weighted by Gasteiger charge is 2.00. The van der Waals surface area contributed by atoms with Crippen LogP contribution in [0.3, 0.4) is 0 Å². The summed E-state index contributed by atoms with van der Waals surface area (Å²) in [5.41, 5.74) is 1.40. The summed E-state index contributed by atoms with van der Waals surface area (Å²) in [6, 6.07) is 4.35. The van der Waals surface area contributed by atoms with Crippen LogP contribution in [0.25, 0.3) is 0 Å². The molecule has 2 heteroatoms. The minimum Gasteiger partial charge on any atom is -0.350 e. The van der Waals surface area contributed by atoms with Gasteiger partial charge in [-0.3, -0.25) is 0 Å². The molecule has 0 saturated carbocycles. The molecule has 0 unspecified atom stereocenters. The van der Waals surface area contributed by atoms with Crippen molar-refractivity contribution >= 4 is 0 Å². The molecule has 1 heterocycles. The minimum absolute atomic E-state index is 0.817. The van der Waals surface area contributed by atoms with Crippen molar-refractivity contribution in [2.75, 3.05) is 6.54 Å². The average Bonchev–Trinajstić information content (AvgIpc) is 2.62. The Hall–Kier alpha value is -0.760. The van der Waals surface area contributed by atoms with Crippen LogP contribution in [0.15, 0.2) is 18.3 Å². The maximum Gasteiger partial charge on any atom is 0.0359 e. The Morgan fingerprint density at radius 3 is 2.87 bits per heavy atom. The standard InChI is InChI=1S/C13H24N2/c1-4-14-11-13-8-6-10-15(13)9-5-7-12(2)3/h6,8,10,12,14H,4-5,7,9,11H2,1-3H3. The van der Waals surface area contributed by atoms with E-state index in [4.69, 9.17) is 0 Å². The maximum atomic E-state index is 3.37. The van der Waals surface area contributed by atoms with Crippen molar-refractivity contribution in [2.45, 2.75) is 46.7 Å². The molecular weight excluding hydrogens is 184 g/mol. The highest BCUT2D eigenvalue weighted by Crippen LogP contribution is 2.08. The van der Waals surface area contributed by atoms with E-state index in [0.717, 1.165) is 25.6 Å². The van der Waals surface area contributed by atoms with Crippen LogP contribution in [-0.2, 0) is 13.1 Å². The molecule has 1 aromatic rings. The molecule has 0 fully saturated rings. The Morgan fingerprint density at radius 1 is 1.40 bits per heavy atom. The van der Waals surface area contributed by atoms with Crippen molar-refractivity contribution < 1.29 is 0 Å². The molecule has 0 aliphatic carbocycles. The first-order valence-electron chi connectivity index (χ1n) is 6.08. The Labute approximate surface area is 93.7 Å². The quantitative estimate of drug-likeness (QED) is 0.729. The zero-order chi connectivity index (χ0) is 11.1. The number of aryl methyl sites for hydroxylation is 1. The van der Waals surface area contributed by atoms with Crippen LogP contribution >= 0.6 is 0 Å². The highest BCUT2D eigenvalue weighted by molar-refractivity contribution is 5.06. The van der Waals surface area contributed by atoms with E-state index in [1.54, 1.807) is 0 Å². The van der Waals surface area contributed by atoms with Crippen molar-refractivity contribution in [3.63, 3.8) is 0 Å². The molecule has 15 heavy (non-hydrogen) atoms. The van der Waals surface area contributed by atoms with Gasteiger partial charge in [-0.25, -0.2) is 0 Å². The monoisotopic (exact) mass is 208 g/mol. The van der Waals surface area contributed by atoms with Crippen LogP contribution in [0.1, 0.15) is 39.3 Å². The van der Waals surface area contributed by atoms with E-state index in [2.05, 4.69) is 49.0 Å². The van der Waals surface area contributed by atoms with Crippen molar-refractivity contribution in [3.05, 3.63) is 24.0 Å². The van der Waals surface area contributed by atoms with E-state index in [9.17, 15) is 0 Å². The summed E-state index contributed by atoms with van der Waals surface area (Å²) in [4.78, 5) is 0. The third kappa shape index (κ3) is 4.52. The molecule has 0 aliphatic rings.